The van der Waals surface area contributed by atoms with E-state index in [0.29, 0.717) is 5.56 Å². The Balaban J connectivity index is 1.94. The molecular formula is C24H31NO3. The van der Waals surface area contributed by atoms with E-state index < -0.39 is 0 Å². The fraction of sp³-hybridized carbons (Fsp3) is 0.458. The first-order valence-electron chi connectivity index (χ1n) is 9.90. The predicted molar refractivity (Wildman–Crippen MR) is 113 cm³/mol. The number of methoxy groups -OCH3 is 1. The van der Waals surface area contributed by atoms with Gasteiger partial charge < -0.3 is 14.8 Å². The Bertz CT molecular complexity index is 899. The number of ether oxygens (including phenoxy) is 2. The minimum atomic E-state index is -0.337. The van der Waals surface area contributed by atoms with Crippen molar-refractivity contribution in [3.63, 3.8) is 0 Å². The highest BCUT2D eigenvalue weighted by atomic mass is 16.5. The van der Waals surface area contributed by atoms with E-state index >= 15 is 0 Å². The third-order valence-electron chi connectivity index (χ3n) is 5.38. The fourth-order valence-electron chi connectivity index (χ4n) is 3.89. The highest BCUT2D eigenvalue weighted by molar-refractivity contribution is 5.96. The third kappa shape index (κ3) is 4.01. The molecule has 0 saturated carbocycles. The Hall–Kier alpha value is -2.49. The first-order chi connectivity index (χ1) is 13.1. The summed E-state index contributed by atoms with van der Waals surface area (Å²) in [6, 6.07) is 10.0. The minimum absolute atomic E-state index is 0.0590. The normalized spacial score (nSPS) is 17.6. The molecule has 150 valence electrons. The number of aryl methyl sites for hydroxylation is 2. The van der Waals surface area contributed by atoms with Crippen molar-refractivity contribution in [1.82, 2.24) is 5.32 Å². The van der Waals surface area contributed by atoms with E-state index in [1.807, 2.05) is 32.0 Å². The van der Waals surface area contributed by atoms with Crippen LogP contribution in [-0.2, 0) is 0 Å². The van der Waals surface area contributed by atoms with Crippen molar-refractivity contribution >= 4 is 5.91 Å². The highest BCUT2D eigenvalue weighted by Crippen LogP contribution is 2.40. The van der Waals surface area contributed by atoms with Crippen LogP contribution in [0.25, 0.3) is 0 Å². The molecule has 0 spiro atoms. The van der Waals surface area contributed by atoms with Gasteiger partial charge in [-0.2, -0.15) is 0 Å². The van der Waals surface area contributed by atoms with Crippen LogP contribution in [0.3, 0.4) is 0 Å². The summed E-state index contributed by atoms with van der Waals surface area (Å²) >= 11 is 0. The number of fused-ring (bicyclic) bond motifs is 1. The monoisotopic (exact) mass is 381 g/mol. The van der Waals surface area contributed by atoms with Crippen LogP contribution in [0.4, 0.5) is 0 Å². The van der Waals surface area contributed by atoms with Gasteiger partial charge in [-0.15, -0.1) is 0 Å². The van der Waals surface area contributed by atoms with Crippen LogP contribution in [0.1, 0.15) is 78.7 Å². The SMILES string of the molecule is COc1cc(C)c(C(=O)NC2CC(C)(C)Oc3cc(C)ccc32)cc1C(C)C. The quantitative estimate of drug-likeness (QED) is 0.764. The maximum absolute atomic E-state index is 13.2. The Kier molecular flexibility index (Phi) is 5.42. The van der Waals surface area contributed by atoms with Crippen molar-refractivity contribution in [2.75, 3.05) is 7.11 Å². The number of hydrogen-bond acceptors (Lipinski definition) is 3. The van der Waals surface area contributed by atoms with Crippen molar-refractivity contribution in [2.24, 2.45) is 0 Å². The Morgan fingerprint density at radius 2 is 1.93 bits per heavy atom. The van der Waals surface area contributed by atoms with E-state index in [9.17, 15) is 4.79 Å². The summed E-state index contributed by atoms with van der Waals surface area (Å²) in [5.74, 6) is 1.90. The van der Waals surface area contributed by atoms with Gasteiger partial charge in [0.1, 0.15) is 17.1 Å². The zero-order chi connectivity index (χ0) is 20.6. The lowest BCUT2D eigenvalue weighted by Crippen LogP contribution is -2.41. The van der Waals surface area contributed by atoms with Crippen molar-refractivity contribution < 1.29 is 14.3 Å². The zero-order valence-electron chi connectivity index (χ0n) is 18.0. The molecule has 2 aromatic carbocycles. The van der Waals surface area contributed by atoms with E-state index in [4.69, 9.17) is 9.47 Å². The molecule has 1 atom stereocenters. The van der Waals surface area contributed by atoms with Gasteiger partial charge in [-0.05, 0) is 68.5 Å². The average molecular weight is 382 g/mol. The molecule has 0 saturated heterocycles. The second-order valence-corrected chi connectivity index (χ2v) is 8.70. The molecule has 0 aromatic heterocycles. The molecule has 28 heavy (non-hydrogen) atoms. The van der Waals surface area contributed by atoms with Crippen LogP contribution in [-0.4, -0.2) is 18.6 Å². The largest absolute Gasteiger partial charge is 0.496 e. The molecule has 2 aromatic rings. The number of hydrogen-bond donors (Lipinski definition) is 1. The molecular weight excluding hydrogens is 350 g/mol. The number of benzene rings is 2. The summed E-state index contributed by atoms with van der Waals surface area (Å²) in [5.41, 5.74) is 4.50. The lowest BCUT2D eigenvalue weighted by molar-refractivity contribution is 0.0619. The van der Waals surface area contributed by atoms with E-state index in [2.05, 4.69) is 45.1 Å². The minimum Gasteiger partial charge on any atom is -0.496 e. The Morgan fingerprint density at radius 3 is 2.57 bits per heavy atom. The molecule has 1 amide bonds. The fourth-order valence-corrected chi connectivity index (χ4v) is 3.89. The molecule has 4 nitrogen and oxygen atoms in total. The second-order valence-electron chi connectivity index (χ2n) is 8.70. The predicted octanol–water partition coefficient (Wildman–Crippen LogP) is 5.47. The van der Waals surface area contributed by atoms with Crippen molar-refractivity contribution in [2.45, 2.75) is 65.5 Å². The van der Waals surface area contributed by atoms with E-state index in [0.717, 1.165) is 40.2 Å². The van der Waals surface area contributed by atoms with Crippen LogP contribution < -0.4 is 14.8 Å². The summed E-state index contributed by atoms with van der Waals surface area (Å²) in [6.45, 7) is 12.3. The molecule has 0 bridgehead atoms. The maximum Gasteiger partial charge on any atom is 0.252 e. The molecule has 1 aliphatic rings. The lowest BCUT2D eigenvalue weighted by Gasteiger charge is -2.38. The first-order valence-corrected chi connectivity index (χ1v) is 9.90. The van der Waals surface area contributed by atoms with Crippen molar-refractivity contribution in [3.8, 4) is 11.5 Å². The molecule has 4 heteroatoms. The van der Waals surface area contributed by atoms with E-state index in [-0.39, 0.29) is 23.5 Å². The lowest BCUT2D eigenvalue weighted by atomic mass is 9.88. The molecule has 1 N–H and O–H groups in total. The van der Waals surface area contributed by atoms with Gasteiger partial charge in [-0.3, -0.25) is 4.79 Å². The van der Waals surface area contributed by atoms with E-state index in [1.165, 1.54) is 0 Å². The summed E-state index contributed by atoms with van der Waals surface area (Å²) in [6.07, 6.45) is 0.723. The summed E-state index contributed by atoms with van der Waals surface area (Å²) in [4.78, 5) is 13.2. The number of carbonyl (C=O) groups is 1. The molecule has 0 aliphatic carbocycles. The molecule has 0 fully saturated rings. The van der Waals surface area contributed by atoms with Crippen molar-refractivity contribution in [1.29, 1.82) is 0 Å². The van der Waals surface area contributed by atoms with Gasteiger partial charge in [0.2, 0.25) is 0 Å². The van der Waals surface area contributed by atoms with E-state index in [1.54, 1.807) is 7.11 Å². The highest BCUT2D eigenvalue weighted by Gasteiger charge is 2.35. The average Bonchev–Trinajstić information content (AvgIpc) is 2.59. The standard InChI is InChI=1S/C24H31NO3/c1-14(2)18-12-19(16(4)11-21(18)27-7)23(26)25-20-13-24(5,6)28-22-10-15(3)8-9-17(20)22/h8-12,14,20H,13H2,1-7H3,(H,25,26). The van der Waals surface area contributed by atoms with Gasteiger partial charge in [0, 0.05) is 17.5 Å². The summed E-state index contributed by atoms with van der Waals surface area (Å²) in [7, 11) is 1.67. The smallest absolute Gasteiger partial charge is 0.252 e. The van der Waals surface area contributed by atoms with Crippen LogP contribution in [0, 0.1) is 13.8 Å². The summed E-state index contributed by atoms with van der Waals surface area (Å²) < 4.78 is 11.7. The van der Waals surface area contributed by atoms with Crippen LogP contribution in [0.2, 0.25) is 0 Å². The first kappa shape index (κ1) is 20.2. The number of rotatable bonds is 4. The van der Waals surface area contributed by atoms with Gasteiger partial charge in [-0.1, -0.05) is 26.0 Å². The van der Waals surface area contributed by atoms with Crippen LogP contribution in [0.5, 0.6) is 11.5 Å². The molecule has 1 aliphatic heterocycles. The summed E-state index contributed by atoms with van der Waals surface area (Å²) in [5, 5.41) is 3.25. The number of amides is 1. The van der Waals surface area contributed by atoms with Gasteiger partial charge in [0.15, 0.2) is 0 Å². The molecule has 0 radical (unpaired) electrons. The molecule has 1 unspecified atom stereocenters. The maximum atomic E-state index is 13.2. The number of nitrogens with one attached hydrogen (secondary N) is 1. The van der Waals surface area contributed by atoms with Gasteiger partial charge >= 0.3 is 0 Å². The number of carbonyl (C=O) groups excluding carboxylic acids is 1. The van der Waals surface area contributed by atoms with Crippen LogP contribution in [0.15, 0.2) is 30.3 Å². The van der Waals surface area contributed by atoms with Gasteiger partial charge in [0.05, 0.1) is 13.2 Å². The zero-order valence-corrected chi connectivity index (χ0v) is 18.0. The van der Waals surface area contributed by atoms with Gasteiger partial charge in [-0.25, -0.2) is 0 Å². The second kappa shape index (κ2) is 7.50. The molecule has 3 rings (SSSR count). The molecule has 1 heterocycles. The van der Waals surface area contributed by atoms with Crippen LogP contribution >= 0.6 is 0 Å². The topological polar surface area (TPSA) is 47.6 Å². The third-order valence-corrected chi connectivity index (χ3v) is 5.38. The van der Waals surface area contributed by atoms with Crippen molar-refractivity contribution in [3.05, 3.63) is 58.1 Å². The Labute approximate surface area is 168 Å². The Morgan fingerprint density at radius 1 is 1.21 bits per heavy atom. The van der Waals surface area contributed by atoms with Gasteiger partial charge in [0.25, 0.3) is 5.91 Å².